The van der Waals surface area contributed by atoms with Crippen LogP contribution in [-0.4, -0.2) is 14.9 Å². The Morgan fingerprint density at radius 1 is 1.77 bits per heavy atom. The van der Waals surface area contributed by atoms with Gasteiger partial charge in [0.1, 0.15) is 5.60 Å². The van der Waals surface area contributed by atoms with Crippen LogP contribution in [-0.2, 0) is 12.6 Å². The van der Waals surface area contributed by atoms with Crippen molar-refractivity contribution in [3.63, 3.8) is 0 Å². The second kappa shape index (κ2) is 2.58. The SMILES string of the molecule is CCC1CC1(O)c1cc(C)nn1C. The van der Waals surface area contributed by atoms with E-state index in [2.05, 4.69) is 12.0 Å². The Balaban J connectivity index is 2.32. The second-order valence-corrected chi connectivity index (χ2v) is 4.03. The van der Waals surface area contributed by atoms with Crippen molar-refractivity contribution >= 4 is 0 Å². The average Bonchev–Trinajstić information content (AvgIpc) is 2.61. The molecule has 13 heavy (non-hydrogen) atoms. The number of nitrogens with zero attached hydrogens (tertiary/aromatic N) is 2. The van der Waals surface area contributed by atoms with Gasteiger partial charge in [-0.1, -0.05) is 13.3 Å². The molecule has 0 radical (unpaired) electrons. The molecule has 3 heteroatoms. The van der Waals surface area contributed by atoms with Gasteiger partial charge in [-0.2, -0.15) is 5.10 Å². The normalized spacial score (nSPS) is 32.2. The lowest BCUT2D eigenvalue weighted by atomic mass is 10.1. The van der Waals surface area contributed by atoms with Gasteiger partial charge < -0.3 is 5.11 Å². The molecular weight excluding hydrogens is 164 g/mol. The summed E-state index contributed by atoms with van der Waals surface area (Å²) in [5.41, 5.74) is 1.37. The van der Waals surface area contributed by atoms with Crippen LogP contribution >= 0.6 is 0 Å². The first-order valence-corrected chi connectivity index (χ1v) is 4.81. The molecule has 72 valence electrons. The molecule has 0 aliphatic heterocycles. The number of aryl methyl sites for hydroxylation is 2. The number of rotatable bonds is 2. The Hall–Kier alpha value is -0.830. The van der Waals surface area contributed by atoms with Crippen molar-refractivity contribution < 1.29 is 5.11 Å². The lowest BCUT2D eigenvalue weighted by molar-refractivity contribution is 0.121. The van der Waals surface area contributed by atoms with Crippen molar-refractivity contribution in [1.82, 2.24) is 9.78 Å². The van der Waals surface area contributed by atoms with Gasteiger partial charge in [-0.25, -0.2) is 0 Å². The van der Waals surface area contributed by atoms with E-state index in [1.807, 2.05) is 20.0 Å². The summed E-state index contributed by atoms with van der Waals surface area (Å²) in [6, 6.07) is 1.98. The van der Waals surface area contributed by atoms with E-state index in [9.17, 15) is 5.11 Å². The monoisotopic (exact) mass is 180 g/mol. The molecule has 2 unspecified atom stereocenters. The molecule has 2 atom stereocenters. The molecule has 1 aromatic heterocycles. The minimum atomic E-state index is -0.579. The molecule has 1 fully saturated rings. The van der Waals surface area contributed by atoms with Crippen LogP contribution in [0.25, 0.3) is 0 Å². The molecule has 0 saturated heterocycles. The molecule has 0 bridgehead atoms. The third-order valence-electron chi connectivity index (χ3n) is 3.01. The zero-order chi connectivity index (χ0) is 9.64. The van der Waals surface area contributed by atoms with E-state index in [0.29, 0.717) is 5.92 Å². The topological polar surface area (TPSA) is 38.1 Å². The van der Waals surface area contributed by atoms with Gasteiger partial charge in [0.15, 0.2) is 0 Å². The van der Waals surface area contributed by atoms with Crippen LogP contribution in [0.15, 0.2) is 6.07 Å². The van der Waals surface area contributed by atoms with Gasteiger partial charge in [0.05, 0.1) is 11.4 Å². The smallest absolute Gasteiger partial charge is 0.109 e. The Morgan fingerprint density at radius 3 is 2.85 bits per heavy atom. The highest BCUT2D eigenvalue weighted by Crippen LogP contribution is 2.53. The molecule has 2 rings (SSSR count). The highest BCUT2D eigenvalue weighted by molar-refractivity contribution is 5.24. The molecule has 3 nitrogen and oxygen atoms in total. The fourth-order valence-corrected chi connectivity index (χ4v) is 2.13. The first-order chi connectivity index (χ1) is 6.08. The second-order valence-electron chi connectivity index (χ2n) is 4.03. The molecule has 0 spiro atoms. The molecule has 1 aliphatic carbocycles. The summed E-state index contributed by atoms with van der Waals surface area (Å²) in [4.78, 5) is 0. The molecule has 0 amide bonds. The minimum Gasteiger partial charge on any atom is -0.383 e. The van der Waals surface area contributed by atoms with E-state index in [4.69, 9.17) is 0 Å². The summed E-state index contributed by atoms with van der Waals surface area (Å²) in [6.45, 7) is 4.07. The Labute approximate surface area is 78.4 Å². The predicted octanol–water partition coefficient (Wildman–Crippen LogP) is 1.35. The summed E-state index contributed by atoms with van der Waals surface area (Å²) >= 11 is 0. The highest BCUT2D eigenvalue weighted by Gasteiger charge is 2.54. The quantitative estimate of drug-likeness (QED) is 0.746. The van der Waals surface area contributed by atoms with Crippen LogP contribution < -0.4 is 0 Å². The molecule has 1 saturated carbocycles. The Morgan fingerprint density at radius 2 is 2.46 bits per heavy atom. The maximum absolute atomic E-state index is 10.2. The van der Waals surface area contributed by atoms with E-state index in [1.165, 1.54) is 0 Å². The van der Waals surface area contributed by atoms with Crippen LogP contribution in [0.3, 0.4) is 0 Å². The summed E-state index contributed by atoms with van der Waals surface area (Å²) in [6.07, 6.45) is 1.93. The van der Waals surface area contributed by atoms with Crippen molar-refractivity contribution in [2.45, 2.75) is 32.3 Å². The van der Waals surface area contributed by atoms with Crippen molar-refractivity contribution in [2.75, 3.05) is 0 Å². The summed E-state index contributed by atoms with van der Waals surface area (Å²) in [5.74, 6) is 0.433. The largest absolute Gasteiger partial charge is 0.383 e. The summed E-state index contributed by atoms with van der Waals surface area (Å²) < 4.78 is 1.80. The number of hydrogen-bond donors (Lipinski definition) is 1. The van der Waals surface area contributed by atoms with Gasteiger partial charge in [-0.15, -0.1) is 0 Å². The first kappa shape index (κ1) is 8.75. The Bertz CT molecular complexity index is 332. The third-order valence-corrected chi connectivity index (χ3v) is 3.01. The van der Waals surface area contributed by atoms with E-state index < -0.39 is 5.60 Å². The Kier molecular flexibility index (Phi) is 1.74. The van der Waals surface area contributed by atoms with Gasteiger partial charge in [-0.05, 0) is 25.3 Å². The maximum atomic E-state index is 10.2. The van der Waals surface area contributed by atoms with Gasteiger partial charge in [0.25, 0.3) is 0 Å². The van der Waals surface area contributed by atoms with Crippen LogP contribution in [0.4, 0.5) is 0 Å². The van der Waals surface area contributed by atoms with Crippen molar-refractivity contribution in [2.24, 2.45) is 13.0 Å². The zero-order valence-electron chi connectivity index (χ0n) is 8.41. The lowest BCUT2D eigenvalue weighted by Crippen LogP contribution is -2.13. The fourth-order valence-electron chi connectivity index (χ4n) is 2.13. The van der Waals surface area contributed by atoms with Crippen molar-refractivity contribution in [1.29, 1.82) is 0 Å². The number of aromatic nitrogens is 2. The van der Waals surface area contributed by atoms with Crippen LogP contribution in [0.5, 0.6) is 0 Å². The third kappa shape index (κ3) is 1.18. The molecule has 1 heterocycles. The number of aliphatic hydroxyl groups is 1. The van der Waals surface area contributed by atoms with Gasteiger partial charge in [0, 0.05) is 7.05 Å². The van der Waals surface area contributed by atoms with E-state index in [-0.39, 0.29) is 0 Å². The molecular formula is C10H16N2O. The molecule has 1 aromatic rings. The summed E-state index contributed by atoms with van der Waals surface area (Å²) in [7, 11) is 1.89. The van der Waals surface area contributed by atoms with Crippen LogP contribution in [0, 0.1) is 12.8 Å². The van der Waals surface area contributed by atoms with E-state index in [1.54, 1.807) is 4.68 Å². The van der Waals surface area contributed by atoms with Gasteiger partial charge in [-0.3, -0.25) is 4.68 Å². The fraction of sp³-hybridized carbons (Fsp3) is 0.700. The van der Waals surface area contributed by atoms with E-state index >= 15 is 0 Å². The summed E-state index contributed by atoms with van der Waals surface area (Å²) in [5, 5.41) is 14.4. The minimum absolute atomic E-state index is 0.433. The molecule has 1 aliphatic rings. The van der Waals surface area contributed by atoms with Crippen LogP contribution in [0.1, 0.15) is 31.2 Å². The van der Waals surface area contributed by atoms with Crippen molar-refractivity contribution in [3.05, 3.63) is 17.5 Å². The van der Waals surface area contributed by atoms with Gasteiger partial charge in [0.2, 0.25) is 0 Å². The van der Waals surface area contributed by atoms with Gasteiger partial charge >= 0.3 is 0 Å². The standard InChI is InChI=1S/C10H16N2O/c1-4-8-6-10(8,13)9-5-7(2)11-12(9)3/h5,8,13H,4,6H2,1-3H3. The highest BCUT2D eigenvalue weighted by atomic mass is 16.3. The average molecular weight is 180 g/mol. The first-order valence-electron chi connectivity index (χ1n) is 4.81. The zero-order valence-corrected chi connectivity index (χ0v) is 8.41. The number of hydrogen-bond acceptors (Lipinski definition) is 2. The maximum Gasteiger partial charge on any atom is 0.109 e. The van der Waals surface area contributed by atoms with Crippen LogP contribution in [0.2, 0.25) is 0 Å². The molecule has 0 aromatic carbocycles. The molecule has 1 N–H and O–H groups in total. The van der Waals surface area contributed by atoms with E-state index in [0.717, 1.165) is 24.2 Å². The lowest BCUT2D eigenvalue weighted by Gasteiger charge is -2.09. The van der Waals surface area contributed by atoms with Crippen molar-refractivity contribution in [3.8, 4) is 0 Å². The predicted molar refractivity (Wildman–Crippen MR) is 50.2 cm³/mol.